The highest BCUT2D eigenvalue weighted by Crippen LogP contribution is 2.33. The normalized spacial score (nSPS) is 16.5. The summed E-state index contributed by atoms with van der Waals surface area (Å²) in [6, 6.07) is 11.6. The maximum absolute atomic E-state index is 13.1. The number of amides is 1. The fourth-order valence-electron chi connectivity index (χ4n) is 4.08. The summed E-state index contributed by atoms with van der Waals surface area (Å²) in [5, 5.41) is 0. The van der Waals surface area contributed by atoms with Gasteiger partial charge in [-0.1, -0.05) is 12.5 Å². The van der Waals surface area contributed by atoms with Gasteiger partial charge in [0.05, 0.1) is 12.0 Å². The molecule has 32 heavy (non-hydrogen) atoms. The number of anilines is 1. The van der Waals surface area contributed by atoms with E-state index in [0.29, 0.717) is 43.1 Å². The van der Waals surface area contributed by atoms with E-state index in [1.807, 2.05) is 0 Å². The maximum Gasteiger partial charge on any atom is 0.343 e. The molecule has 170 valence electrons. The molecule has 0 atom stereocenters. The summed E-state index contributed by atoms with van der Waals surface area (Å²) in [5.41, 5.74) is 1.98. The van der Waals surface area contributed by atoms with E-state index in [2.05, 4.69) is 4.74 Å². The van der Waals surface area contributed by atoms with E-state index in [0.717, 1.165) is 24.8 Å². The van der Waals surface area contributed by atoms with Crippen molar-refractivity contribution in [2.24, 2.45) is 0 Å². The van der Waals surface area contributed by atoms with Gasteiger partial charge in [-0.05, 0) is 61.2 Å². The summed E-state index contributed by atoms with van der Waals surface area (Å²) in [6.45, 7) is 1.33. The largest absolute Gasteiger partial charge is 0.482 e. The highest BCUT2D eigenvalue weighted by Gasteiger charge is 2.30. The van der Waals surface area contributed by atoms with Gasteiger partial charge in [0.2, 0.25) is 10.0 Å². The molecule has 0 radical (unpaired) electrons. The average Bonchev–Trinajstić information content (AvgIpc) is 3.26. The molecule has 4 rings (SSSR count). The van der Waals surface area contributed by atoms with Crippen molar-refractivity contribution in [2.75, 3.05) is 38.3 Å². The van der Waals surface area contributed by atoms with E-state index in [-0.39, 0.29) is 17.4 Å². The lowest BCUT2D eigenvalue weighted by atomic mass is 10.1. The number of hydrogen-bond donors (Lipinski definition) is 0. The van der Waals surface area contributed by atoms with Crippen LogP contribution in [0, 0.1) is 0 Å². The van der Waals surface area contributed by atoms with Gasteiger partial charge in [0.25, 0.3) is 5.91 Å². The van der Waals surface area contributed by atoms with Gasteiger partial charge in [0.15, 0.2) is 6.61 Å². The number of hydrogen-bond acceptors (Lipinski definition) is 6. The van der Waals surface area contributed by atoms with Crippen molar-refractivity contribution in [3.8, 4) is 5.75 Å². The summed E-state index contributed by atoms with van der Waals surface area (Å²) in [6.07, 6.45) is 3.41. The Bertz CT molecular complexity index is 1130. The molecule has 0 bridgehead atoms. The monoisotopic (exact) mass is 458 g/mol. The third kappa shape index (κ3) is 4.49. The number of ether oxygens (including phenoxy) is 2. The number of fused-ring (bicyclic) bond motifs is 1. The number of esters is 1. The second-order valence-corrected chi connectivity index (χ2v) is 9.79. The number of piperidine rings is 1. The van der Waals surface area contributed by atoms with Crippen LogP contribution in [0.15, 0.2) is 47.4 Å². The summed E-state index contributed by atoms with van der Waals surface area (Å²) in [4.78, 5) is 26.3. The van der Waals surface area contributed by atoms with Gasteiger partial charge >= 0.3 is 5.97 Å². The Hall–Kier alpha value is -2.91. The van der Waals surface area contributed by atoms with E-state index in [4.69, 9.17) is 4.74 Å². The Balaban J connectivity index is 1.52. The number of rotatable bonds is 6. The summed E-state index contributed by atoms with van der Waals surface area (Å²) < 4.78 is 37.5. The lowest BCUT2D eigenvalue weighted by Crippen LogP contribution is -2.35. The number of benzene rings is 2. The second kappa shape index (κ2) is 9.30. The molecular weight excluding hydrogens is 432 g/mol. The van der Waals surface area contributed by atoms with E-state index < -0.39 is 16.0 Å². The van der Waals surface area contributed by atoms with Crippen molar-refractivity contribution in [3.05, 3.63) is 53.6 Å². The van der Waals surface area contributed by atoms with E-state index >= 15 is 0 Å². The maximum atomic E-state index is 13.1. The number of carbonyl (C=O) groups is 2. The fraction of sp³-hybridized carbons (Fsp3) is 0.391. The molecule has 1 amide bonds. The Kier molecular flexibility index (Phi) is 6.48. The molecule has 0 aromatic heterocycles. The Labute approximate surface area is 187 Å². The zero-order chi connectivity index (χ0) is 22.7. The molecule has 1 fully saturated rings. The quantitative estimate of drug-likeness (QED) is 0.618. The molecule has 2 aliphatic heterocycles. The molecule has 2 aliphatic rings. The highest BCUT2D eigenvalue weighted by molar-refractivity contribution is 7.89. The lowest BCUT2D eigenvalue weighted by molar-refractivity contribution is -0.142. The van der Waals surface area contributed by atoms with Crippen LogP contribution in [0.25, 0.3) is 0 Å². The Morgan fingerprint density at radius 3 is 2.53 bits per heavy atom. The first-order valence-corrected chi connectivity index (χ1v) is 12.1. The predicted molar refractivity (Wildman–Crippen MR) is 118 cm³/mol. The molecule has 0 N–H and O–H groups in total. The van der Waals surface area contributed by atoms with E-state index in [9.17, 15) is 18.0 Å². The van der Waals surface area contributed by atoms with Crippen LogP contribution in [0.2, 0.25) is 0 Å². The molecule has 0 spiro atoms. The van der Waals surface area contributed by atoms with Gasteiger partial charge in [0.1, 0.15) is 5.75 Å². The fourth-order valence-corrected chi connectivity index (χ4v) is 5.65. The Morgan fingerprint density at radius 2 is 1.78 bits per heavy atom. The second-order valence-electron chi connectivity index (χ2n) is 7.85. The standard InChI is InChI=1S/C23H26N2O6S/c1-30-22(26)16-31-19-7-5-6-18(14-19)23(27)25-13-10-17-15-20(8-9-21(17)25)32(28,29)24-11-3-2-4-12-24/h5-9,14-15H,2-4,10-13,16H2,1H3. The van der Waals surface area contributed by atoms with Crippen molar-refractivity contribution in [3.63, 3.8) is 0 Å². The molecular formula is C23H26N2O6S. The zero-order valence-corrected chi connectivity index (χ0v) is 18.8. The average molecular weight is 459 g/mol. The zero-order valence-electron chi connectivity index (χ0n) is 18.0. The third-order valence-electron chi connectivity index (χ3n) is 5.81. The van der Waals surface area contributed by atoms with Crippen LogP contribution < -0.4 is 9.64 Å². The van der Waals surface area contributed by atoms with Crippen LogP contribution in [0.1, 0.15) is 35.2 Å². The Morgan fingerprint density at radius 1 is 1.00 bits per heavy atom. The molecule has 2 heterocycles. The number of carbonyl (C=O) groups excluding carboxylic acids is 2. The topological polar surface area (TPSA) is 93.2 Å². The highest BCUT2D eigenvalue weighted by atomic mass is 32.2. The van der Waals surface area contributed by atoms with Crippen molar-refractivity contribution in [1.29, 1.82) is 0 Å². The molecule has 2 aromatic carbocycles. The SMILES string of the molecule is COC(=O)COc1cccc(C(=O)N2CCc3cc(S(=O)(=O)N4CCCCC4)ccc32)c1. The van der Waals surface area contributed by atoms with Crippen LogP contribution in [0.5, 0.6) is 5.75 Å². The summed E-state index contributed by atoms with van der Waals surface area (Å²) in [5.74, 6) is -0.326. The minimum absolute atomic E-state index is 0.209. The van der Waals surface area contributed by atoms with Crippen molar-refractivity contribution < 1.29 is 27.5 Å². The molecule has 9 heteroatoms. The van der Waals surface area contributed by atoms with Gasteiger partial charge in [-0.25, -0.2) is 13.2 Å². The van der Waals surface area contributed by atoms with Crippen LogP contribution in [0.4, 0.5) is 5.69 Å². The van der Waals surface area contributed by atoms with Gasteiger partial charge < -0.3 is 14.4 Å². The number of sulfonamides is 1. The first-order valence-electron chi connectivity index (χ1n) is 10.6. The van der Waals surface area contributed by atoms with Gasteiger partial charge in [-0.2, -0.15) is 4.31 Å². The van der Waals surface area contributed by atoms with Crippen LogP contribution in [0.3, 0.4) is 0 Å². The molecule has 1 saturated heterocycles. The third-order valence-corrected chi connectivity index (χ3v) is 7.70. The van der Waals surface area contributed by atoms with Crippen LogP contribution in [-0.2, 0) is 26.0 Å². The van der Waals surface area contributed by atoms with Crippen molar-refractivity contribution in [2.45, 2.75) is 30.6 Å². The van der Waals surface area contributed by atoms with Gasteiger partial charge in [0, 0.05) is 30.9 Å². The molecule has 2 aromatic rings. The number of methoxy groups -OCH3 is 1. The first kappa shape index (κ1) is 22.3. The van der Waals surface area contributed by atoms with Crippen molar-refractivity contribution >= 4 is 27.6 Å². The molecule has 8 nitrogen and oxygen atoms in total. The summed E-state index contributed by atoms with van der Waals surface area (Å²) in [7, 11) is -2.24. The minimum Gasteiger partial charge on any atom is -0.482 e. The molecule has 0 unspecified atom stereocenters. The summed E-state index contributed by atoms with van der Waals surface area (Å²) >= 11 is 0. The van der Waals surface area contributed by atoms with Gasteiger partial charge in [-0.15, -0.1) is 0 Å². The van der Waals surface area contributed by atoms with Crippen LogP contribution >= 0.6 is 0 Å². The smallest absolute Gasteiger partial charge is 0.343 e. The van der Waals surface area contributed by atoms with Crippen molar-refractivity contribution in [1.82, 2.24) is 4.31 Å². The lowest BCUT2D eigenvalue weighted by Gasteiger charge is -2.26. The first-order chi connectivity index (χ1) is 15.4. The van der Waals surface area contributed by atoms with Gasteiger partial charge in [-0.3, -0.25) is 4.79 Å². The van der Waals surface area contributed by atoms with E-state index in [1.165, 1.54) is 7.11 Å². The van der Waals surface area contributed by atoms with E-state index in [1.54, 1.807) is 51.7 Å². The predicted octanol–water partition coefficient (Wildman–Crippen LogP) is 2.62. The minimum atomic E-state index is -3.52. The number of nitrogens with zero attached hydrogens (tertiary/aromatic N) is 2. The van der Waals surface area contributed by atoms with Crippen LogP contribution in [-0.4, -0.2) is 58.0 Å². The molecule has 0 saturated carbocycles. The molecule has 0 aliphatic carbocycles.